The van der Waals surface area contributed by atoms with Crippen LogP contribution in [0.1, 0.15) is 29.8 Å². The number of carbonyl (C=O) groups excluding carboxylic acids is 2. The van der Waals surface area contributed by atoms with Crippen molar-refractivity contribution in [2.75, 3.05) is 32.7 Å². The average molecular weight is 357 g/mol. The van der Waals surface area contributed by atoms with Gasteiger partial charge in [0.05, 0.1) is 5.56 Å². The van der Waals surface area contributed by atoms with Crippen molar-refractivity contribution in [1.82, 2.24) is 15.1 Å². The van der Waals surface area contributed by atoms with Gasteiger partial charge in [0.2, 0.25) is 5.91 Å². The SMILES string of the molecule is CC(C)N(CC(=O)N1CCNCC1)C(=O)c1ccc(C(F)(F)F)cc1. The summed E-state index contributed by atoms with van der Waals surface area (Å²) in [6.45, 7) is 6.04. The van der Waals surface area contributed by atoms with Crippen LogP contribution in [-0.2, 0) is 11.0 Å². The van der Waals surface area contributed by atoms with Gasteiger partial charge in [-0.15, -0.1) is 0 Å². The lowest BCUT2D eigenvalue weighted by atomic mass is 10.1. The highest BCUT2D eigenvalue weighted by atomic mass is 19.4. The van der Waals surface area contributed by atoms with Crippen molar-refractivity contribution < 1.29 is 22.8 Å². The molecule has 2 amide bonds. The normalized spacial score (nSPS) is 15.4. The highest BCUT2D eigenvalue weighted by Crippen LogP contribution is 2.29. The Morgan fingerprint density at radius 3 is 2.20 bits per heavy atom. The number of nitrogens with one attached hydrogen (secondary N) is 1. The van der Waals surface area contributed by atoms with Crippen LogP contribution in [0.4, 0.5) is 13.2 Å². The number of rotatable bonds is 4. The van der Waals surface area contributed by atoms with Gasteiger partial charge >= 0.3 is 6.18 Å². The third kappa shape index (κ3) is 4.94. The molecule has 1 fully saturated rings. The summed E-state index contributed by atoms with van der Waals surface area (Å²) >= 11 is 0. The Labute approximate surface area is 144 Å². The smallest absolute Gasteiger partial charge is 0.339 e. The second-order valence-corrected chi connectivity index (χ2v) is 6.23. The van der Waals surface area contributed by atoms with Crippen molar-refractivity contribution in [3.63, 3.8) is 0 Å². The first-order chi connectivity index (χ1) is 11.7. The maximum Gasteiger partial charge on any atom is 0.416 e. The highest BCUT2D eigenvalue weighted by Gasteiger charge is 2.31. The summed E-state index contributed by atoms with van der Waals surface area (Å²) in [4.78, 5) is 28.1. The minimum Gasteiger partial charge on any atom is -0.339 e. The Morgan fingerprint density at radius 1 is 1.16 bits per heavy atom. The molecule has 138 valence electrons. The van der Waals surface area contributed by atoms with E-state index in [1.807, 2.05) is 0 Å². The van der Waals surface area contributed by atoms with Crippen molar-refractivity contribution in [3.05, 3.63) is 35.4 Å². The standard InChI is InChI=1S/C17H22F3N3O2/c1-12(2)23(11-15(24)22-9-7-21-8-10-22)16(25)13-3-5-14(6-4-13)17(18,19)20/h3-6,12,21H,7-11H2,1-2H3. The molecule has 2 rings (SSSR count). The van der Waals surface area contributed by atoms with E-state index in [-0.39, 0.29) is 24.1 Å². The topological polar surface area (TPSA) is 52.7 Å². The molecule has 0 radical (unpaired) electrons. The van der Waals surface area contributed by atoms with Crippen molar-refractivity contribution >= 4 is 11.8 Å². The zero-order chi connectivity index (χ0) is 18.6. The van der Waals surface area contributed by atoms with Crippen LogP contribution in [0.25, 0.3) is 0 Å². The Hall–Kier alpha value is -2.09. The van der Waals surface area contributed by atoms with Crippen molar-refractivity contribution in [2.24, 2.45) is 0 Å². The molecule has 0 saturated carbocycles. The van der Waals surface area contributed by atoms with Crippen LogP contribution in [0.15, 0.2) is 24.3 Å². The lowest BCUT2D eigenvalue weighted by Gasteiger charge is -2.32. The minimum atomic E-state index is -4.45. The van der Waals surface area contributed by atoms with Gasteiger partial charge in [-0.3, -0.25) is 9.59 Å². The summed E-state index contributed by atoms with van der Waals surface area (Å²) < 4.78 is 37.9. The molecule has 1 aromatic carbocycles. The van der Waals surface area contributed by atoms with Gasteiger partial charge in [0.1, 0.15) is 6.54 Å². The molecule has 8 heteroatoms. The molecule has 1 aliphatic rings. The third-order valence-electron chi connectivity index (χ3n) is 4.12. The number of nitrogens with zero attached hydrogens (tertiary/aromatic N) is 2. The zero-order valence-electron chi connectivity index (χ0n) is 14.3. The first-order valence-corrected chi connectivity index (χ1v) is 8.17. The molecule has 5 nitrogen and oxygen atoms in total. The lowest BCUT2D eigenvalue weighted by molar-refractivity contribution is -0.137. The van der Waals surface area contributed by atoms with Crippen LogP contribution < -0.4 is 5.32 Å². The molecule has 0 aromatic heterocycles. The molecule has 0 atom stereocenters. The number of hydrogen-bond donors (Lipinski definition) is 1. The van der Waals surface area contributed by atoms with E-state index >= 15 is 0 Å². The van der Waals surface area contributed by atoms with Crippen molar-refractivity contribution in [2.45, 2.75) is 26.1 Å². The Balaban J connectivity index is 2.10. The van der Waals surface area contributed by atoms with Crippen molar-refractivity contribution in [1.29, 1.82) is 0 Å². The number of carbonyl (C=O) groups is 2. The fraction of sp³-hybridized carbons (Fsp3) is 0.529. The second-order valence-electron chi connectivity index (χ2n) is 6.23. The predicted octanol–water partition coefficient (Wildman–Crippen LogP) is 1.99. The maximum absolute atomic E-state index is 12.6. The Bertz CT molecular complexity index is 609. The van der Waals surface area contributed by atoms with Crippen LogP contribution in [0.2, 0.25) is 0 Å². The van der Waals surface area contributed by atoms with Gasteiger partial charge in [0.25, 0.3) is 5.91 Å². The lowest BCUT2D eigenvalue weighted by Crippen LogP contribution is -2.51. The van der Waals surface area contributed by atoms with Gasteiger partial charge < -0.3 is 15.1 Å². The molecule has 0 bridgehead atoms. The van der Waals surface area contributed by atoms with Crippen LogP contribution in [0.5, 0.6) is 0 Å². The molecule has 1 aliphatic heterocycles. The van der Waals surface area contributed by atoms with Gasteiger partial charge in [-0.25, -0.2) is 0 Å². The summed E-state index contributed by atoms with van der Waals surface area (Å²) in [5.74, 6) is -0.609. The monoisotopic (exact) mass is 357 g/mol. The first kappa shape index (κ1) is 19.2. The Morgan fingerprint density at radius 2 is 1.72 bits per heavy atom. The Kier molecular flexibility index (Phi) is 6.05. The summed E-state index contributed by atoms with van der Waals surface area (Å²) in [7, 11) is 0. The van der Waals surface area contributed by atoms with Crippen LogP contribution in [0, 0.1) is 0 Å². The number of amides is 2. The largest absolute Gasteiger partial charge is 0.416 e. The number of hydrogen-bond acceptors (Lipinski definition) is 3. The van der Waals surface area contributed by atoms with Crippen LogP contribution in [0.3, 0.4) is 0 Å². The van der Waals surface area contributed by atoms with E-state index in [0.717, 1.165) is 24.3 Å². The van der Waals surface area contributed by atoms with E-state index in [1.165, 1.54) is 4.90 Å². The molecule has 0 unspecified atom stereocenters. The molecule has 25 heavy (non-hydrogen) atoms. The van der Waals surface area contributed by atoms with E-state index in [1.54, 1.807) is 18.7 Å². The fourth-order valence-corrected chi connectivity index (χ4v) is 2.62. The molecule has 0 spiro atoms. The number of alkyl halides is 3. The zero-order valence-corrected chi connectivity index (χ0v) is 14.3. The molecular formula is C17H22F3N3O2. The third-order valence-corrected chi connectivity index (χ3v) is 4.12. The fourth-order valence-electron chi connectivity index (χ4n) is 2.62. The summed E-state index contributed by atoms with van der Waals surface area (Å²) in [6, 6.07) is 3.81. The van der Waals surface area contributed by atoms with Gasteiger partial charge in [-0.1, -0.05) is 0 Å². The minimum absolute atomic E-state index is 0.0858. The van der Waals surface area contributed by atoms with E-state index in [0.29, 0.717) is 26.2 Å². The van der Waals surface area contributed by atoms with Gasteiger partial charge in [-0.2, -0.15) is 13.2 Å². The van der Waals surface area contributed by atoms with Crippen LogP contribution in [-0.4, -0.2) is 60.4 Å². The molecule has 0 aliphatic carbocycles. The quantitative estimate of drug-likeness (QED) is 0.897. The predicted molar refractivity (Wildman–Crippen MR) is 87.1 cm³/mol. The maximum atomic E-state index is 12.6. The molecular weight excluding hydrogens is 335 g/mol. The summed E-state index contributed by atoms with van der Waals surface area (Å²) in [5, 5.41) is 3.15. The first-order valence-electron chi connectivity index (χ1n) is 8.17. The molecule has 1 saturated heterocycles. The van der Waals surface area contributed by atoms with E-state index in [2.05, 4.69) is 5.32 Å². The molecule has 1 N–H and O–H groups in total. The van der Waals surface area contributed by atoms with Gasteiger partial charge in [-0.05, 0) is 38.1 Å². The summed E-state index contributed by atoms with van der Waals surface area (Å²) in [5.41, 5.74) is -0.674. The van der Waals surface area contributed by atoms with Gasteiger partial charge in [0, 0.05) is 37.8 Å². The number of benzene rings is 1. The van der Waals surface area contributed by atoms with Crippen molar-refractivity contribution in [3.8, 4) is 0 Å². The summed E-state index contributed by atoms with van der Waals surface area (Å²) in [6.07, 6.45) is -4.45. The second kappa shape index (κ2) is 7.86. The van der Waals surface area contributed by atoms with E-state index < -0.39 is 17.6 Å². The van der Waals surface area contributed by atoms with Crippen LogP contribution >= 0.6 is 0 Å². The number of piperazine rings is 1. The molecule has 1 heterocycles. The highest BCUT2D eigenvalue weighted by molar-refractivity contribution is 5.96. The van der Waals surface area contributed by atoms with E-state index in [9.17, 15) is 22.8 Å². The van der Waals surface area contributed by atoms with E-state index in [4.69, 9.17) is 0 Å². The molecule has 1 aromatic rings. The van der Waals surface area contributed by atoms with Gasteiger partial charge in [0.15, 0.2) is 0 Å². The number of halogens is 3. The average Bonchev–Trinajstić information content (AvgIpc) is 2.58.